The van der Waals surface area contributed by atoms with E-state index >= 15 is 0 Å². The SMILES string of the molecule is C=C(CC)COc1cc(C)ccc1[C@@H](C)O. The van der Waals surface area contributed by atoms with E-state index < -0.39 is 6.10 Å². The number of hydrogen-bond donors (Lipinski definition) is 1. The highest BCUT2D eigenvalue weighted by molar-refractivity contribution is 5.38. The normalized spacial score (nSPS) is 12.2. The van der Waals surface area contributed by atoms with E-state index in [-0.39, 0.29) is 0 Å². The number of aryl methyl sites for hydroxylation is 1. The molecule has 0 radical (unpaired) electrons. The molecule has 1 atom stereocenters. The first-order valence-electron chi connectivity index (χ1n) is 5.62. The molecule has 0 aliphatic heterocycles. The number of hydrogen-bond acceptors (Lipinski definition) is 2. The van der Waals surface area contributed by atoms with Crippen LogP contribution in [0, 0.1) is 6.92 Å². The van der Waals surface area contributed by atoms with Crippen molar-refractivity contribution in [1.82, 2.24) is 0 Å². The molecule has 0 amide bonds. The van der Waals surface area contributed by atoms with Crippen molar-refractivity contribution in [2.45, 2.75) is 33.3 Å². The maximum absolute atomic E-state index is 9.62. The summed E-state index contributed by atoms with van der Waals surface area (Å²) in [6.07, 6.45) is 0.404. The molecule has 0 saturated carbocycles. The maximum atomic E-state index is 9.62. The fourth-order valence-corrected chi connectivity index (χ4v) is 1.39. The van der Waals surface area contributed by atoms with Gasteiger partial charge in [-0.1, -0.05) is 25.6 Å². The van der Waals surface area contributed by atoms with Gasteiger partial charge in [-0.15, -0.1) is 0 Å². The van der Waals surface area contributed by atoms with Gasteiger partial charge in [0, 0.05) is 5.56 Å². The molecule has 0 unspecified atom stereocenters. The monoisotopic (exact) mass is 220 g/mol. The third-order valence-electron chi connectivity index (χ3n) is 2.55. The quantitative estimate of drug-likeness (QED) is 0.771. The Morgan fingerprint density at radius 2 is 2.19 bits per heavy atom. The highest BCUT2D eigenvalue weighted by atomic mass is 16.5. The average molecular weight is 220 g/mol. The fourth-order valence-electron chi connectivity index (χ4n) is 1.39. The minimum Gasteiger partial charge on any atom is -0.489 e. The van der Waals surface area contributed by atoms with Crippen molar-refractivity contribution in [3.8, 4) is 5.75 Å². The number of aliphatic hydroxyl groups excluding tert-OH is 1. The average Bonchev–Trinajstić information content (AvgIpc) is 2.25. The van der Waals surface area contributed by atoms with Gasteiger partial charge >= 0.3 is 0 Å². The van der Waals surface area contributed by atoms with E-state index in [2.05, 4.69) is 13.5 Å². The molecule has 1 N–H and O–H groups in total. The number of ether oxygens (including phenoxy) is 1. The van der Waals surface area contributed by atoms with Crippen LogP contribution in [0.1, 0.15) is 37.5 Å². The molecular weight excluding hydrogens is 200 g/mol. The minimum atomic E-state index is -0.509. The summed E-state index contributed by atoms with van der Waals surface area (Å²) in [7, 11) is 0. The van der Waals surface area contributed by atoms with Gasteiger partial charge in [0.1, 0.15) is 12.4 Å². The van der Waals surface area contributed by atoms with E-state index in [0.29, 0.717) is 6.61 Å². The second kappa shape index (κ2) is 5.71. The van der Waals surface area contributed by atoms with Gasteiger partial charge in [-0.05, 0) is 37.5 Å². The molecule has 0 bridgehead atoms. The van der Waals surface area contributed by atoms with E-state index in [1.165, 1.54) is 0 Å². The summed E-state index contributed by atoms with van der Waals surface area (Å²) < 4.78 is 5.67. The lowest BCUT2D eigenvalue weighted by atomic mass is 10.1. The van der Waals surface area contributed by atoms with Gasteiger partial charge in [0.05, 0.1) is 6.10 Å². The van der Waals surface area contributed by atoms with Crippen LogP contribution in [0.2, 0.25) is 0 Å². The molecule has 16 heavy (non-hydrogen) atoms. The van der Waals surface area contributed by atoms with Crippen molar-refractivity contribution in [2.24, 2.45) is 0 Å². The van der Waals surface area contributed by atoms with Crippen LogP contribution in [-0.2, 0) is 0 Å². The van der Waals surface area contributed by atoms with Crippen molar-refractivity contribution in [3.63, 3.8) is 0 Å². The van der Waals surface area contributed by atoms with Gasteiger partial charge in [-0.2, -0.15) is 0 Å². The summed E-state index contributed by atoms with van der Waals surface area (Å²) in [6.45, 7) is 10.2. The molecular formula is C14H20O2. The predicted molar refractivity (Wildman–Crippen MR) is 66.7 cm³/mol. The summed E-state index contributed by atoms with van der Waals surface area (Å²) in [5.74, 6) is 0.754. The van der Waals surface area contributed by atoms with Crippen molar-refractivity contribution in [3.05, 3.63) is 41.5 Å². The Kier molecular flexibility index (Phi) is 4.56. The molecule has 1 rings (SSSR count). The molecule has 0 aromatic heterocycles. The molecule has 2 nitrogen and oxygen atoms in total. The summed E-state index contributed by atoms with van der Waals surface area (Å²) in [5.41, 5.74) is 3.01. The van der Waals surface area contributed by atoms with Gasteiger partial charge in [0.2, 0.25) is 0 Å². The lowest BCUT2D eigenvalue weighted by Gasteiger charge is -2.14. The Labute approximate surface area is 97.6 Å². The van der Waals surface area contributed by atoms with E-state index in [1.807, 2.05) is 25.1 Å². The number of benzene rings is 1. The Bertz CT molecular complexity index is 367. The Morgan fingerprint density at radius 3 is 2.75 bits per heavy atom. The van der Waals surface area contributed by atoms with Crippen LogP contribution >= 0.6 is 0 Å². The topological polar surface area (TPSA) is 29.5 Å². The third kappa shape index (κ3) is 3.38. The van der Waals surface area contributed by atoms with Crippen LogP contribution in [0.5, 0.6) is 5.75 Å². The molecule has 0 saturated heterocycles. The van der Waals surface area contributed by atoms with Gasteiger partial charge in [-0.3, -0.25) is 0 Å². The fraction of sp³-hybridized carbons (Fsp3) is 0.429. The lowest BCUT2D eigenvalue weighted by Crippen LogP contribution is -2.04. The first-order chi connectivity index (χ1) is 7.54. The van der Waals surface area contributed by atoms with Crippen molar-refractivity contribution in [1.29, 1.82) is 0 Å². The summed E-state index contributed by atoms with van der Waals surface area (Å²) >= 11 is 0. The van der Waals surface area contributed by atoms with Gasteiger partial charge in [0.25, 0.3) is 0 Å². The van der Waals surface area contributed by atoms with Crippen LogP contribution < -0.4 is 4.74 Å². The molecule has 88 valence electrons. The highest BCUT2D eigenvalue weighted by Gasteiger charge is 2.09. The molecule has 0 aliphatic carbocycles. The largest absolute Gasteiger partial charge is 0.489 e. The Morgan fingerprint density at radius 1 is 1.50 bits per heavy atom. The molecule has 0 heterocycles. The van der Waals surface area contributed by atoms with E-state index in [0.717, 1.165) is 28.9 Å². The van der Waals surface area contributed by atoms with E-state index in [1.54, 1.807) is 6.92 Å². The van der Waals surface area contributed by atoms with Crippen molar-refractivity contribution in [2.75, 3.05) is 6.61 Å². The second-order valence-electron chi connectivity index (χ2n) is 4.11. The first kappa shape index (κ1) is 12.8. The smallest absolute Gasteiger partial charge is 0.125 e. The predicted octanol–water partition coefficient (Wildman–Crippen LogP) is 3.39. The molecule has 2 heteroatoms. The Balaban J connectivity index is 2.84. The summed E-state index contributed by atoms with van der Waals surface area (Å²) in [6, 6.07) is 5.83. The van der Waals surface area contributed by atoms with Crippen molar-refractivity contribution < 1.29 is 9.84 Å². The zero-order valence-electron chi connectivity index (χ0n) is 10.3. The maximum Gasteiger partial charge on any atom is 0.125 e. The van der Waals surface area contributed by atoms with Crippen LogP contribution in [0.15, 0.2) is 30.4 Å². The van der Waals surface area contributed by atoms with Crippen molar-refractivity contribution >= 4 is 0 Å². The van der Waals surface area contributed by atoms with Gasteiger partial charge in [-0.25, -0.2) is 0 Å². The zero-order valence-corrected chi connectivity index (χ0v) is 10.3. The molecule has 0 fully saturated rings. The standard InChI is InChI=1S/C14H20O2/c1-5-10(2)9-16-14-8-11(3)6-7-13(14)12(4)15/h6-8,12,15H,2,5,9H2,1,3-4H3/t12-/m1/s1. The molecule has 0 spiro atoms. The van der Waals surface area contributed by atoms with Crippen LogP contribution in [-0.4, -0.2) is 11.7 Å². The third-order valence-corrected chi connectivity index (χ3v) is 2.55. The minimum absolute atomic E-state index is 0.509. The first-order valence-corrected chi connectivity index (χ1v) is 5.62. The summed E-state index contributed by atoms with van der Waals surface area (Å²) in [4.78, 5) is 0. The number of rotatable bonds is 5. The van der Waals surface area contributed by atoms with Crippen LogP contribution in [0.3, 0.4) is 0 Å². The van der Waals surface area contributed by atoms with Crippen LogP contribution in [0.4, 0.5) is 0 Å². The second-order valence-corrected chi connectivity index (χ2v) is 4.11. The summed E-state index contributed by atoms with van der Waals surface area (Å²) in [5, 5.41) is 9.62. The molecule has 1 aromatic rings. The van der Waals surface area contributed by atoms with Gasteiger partial charge in [0.15, 0.2) is 0 Å². The molecule has 1 aromatic carbocycles. The number of aliphatic hydroxyl groups is 1. The van der Waals surface area contributed by atoms with E-state index in [9.17, 15) is 5.11 Å². The van der Waals surface area contributed by atoms with Gasteiger partial charge < -0.3 is 9.84 Å². The van der Waals surface area contributed by atoms with E-state index in [4.69, 9.17) is 4.74 Å². The van der Waals surface area contributed by atoms with Crippen LogP contribution in [0.25, 0.3) is 0 Å². The Hall–Kier alpha value is -1.28. The lowest BCUT2D eigenvalue weighted by molar-refractivity contribution is 0.192. The molecule has 0 aliphatic rings. The zero-order chi connectivity index (χ0) is 12.1. The highest BCUT2D eigenvalue weighted by Crippen LogP contribution is 2.26.